The molecule has 1 aromatic carbocycles. The molecule has 122 valence electrons. The smallest absolute Gasteiger partial charge is 0.407 e. The van der Waals surface area contributed by atoms with Crippen molar-refractivity contribution in [2.24, 2.45) is 0 Å². The highest BCUT2D eigenvalue weighted by atomic mass is 19.2. The van der Waals surface area contributed by atoms with Crippen molar-refractivity contribution in [1.29, 1.82) is 0 Å². The van der Waals surface area contributed by atoms with Gasteiger partial charge in [0.2, 0.25) is 0 Å². The van der Waals surface area contributed by atoms with Gasteiger partial charge in [0.1, 0.15) is 11.4 Å². The van der Waals surface area contributed by atoms with E-state index in [1.165, 1.54) is 0 Å². The van der Waals surface area contributed by atoms with E-state index in [0.29, 0.717) is 12.5 Å². The maximum Gasteiger partial charge on any atom is 0.407 e. The Kier molecular flexibility index (Phi) is 4.65. The van der Waals surface area contributed by atoms with Gasteiger partial charge in [0.15, 0.2) is 11.6 Å². The van der Waals surface area contributed by atoms with Gasteiger partial charge in [-0.15, -0.1) is 0 Å². The highest BCUT2D eigenvalue weighted by Crippen LogP contribution is 2.23. The number of hydrogen-bond acceptors (Lipinski definition) is 3. The molecule has 1 aliphatic carbocycles. The van der Waals surface area contributed by atoms with Crippen molar-refractivity contribution in [1.82, 2.24) is 10.6 Å². The summed E-state index contributed by atoms with van der Waals surface area (Å²) < 4.78 is 44.5. The van der Waals surface area contributed by atoms with Gasteiger partial charge in [-0.3, -0.25) is 0 Å². The number of carbonyl (C=O) groups is 1. The largest absolute Gasteiger partial charge is 0.444 e. The van der Waals surface area contributed by atoms with Crippen molar-refractivity contribution in [3.8, 4) is 0 Å². The molecule has 2 rings (SSSR count). The molecule has 22 heavy (non-hydrogen) atoms. The van der Waals surface area contributed by atoms with Crippen molar-refractivity contribution < 1.29 is 22.7 Å². The van der Waals surface area contributed by atoms with E-state index in [9.17, 15) is 18.0 Å². The number of hydrogen-bond donors (Lipinski definition) is 2. The highest BCUT2D eigenvalue weighted by Gasteiger charge is 2.39. The lowest BCUT2D eigenvalue weighted by Gasteiger charge is -2.19. The fourth-order valence-corrected chi connectivity index (χ4v) is 1.98. The average molecular weight is 316 g/mol. The predicted octanol–water partition coefficient (Wildman–Crippen LogP) is 2.86. The van der Waals surface area contributed by atoms with Gasteiger partial charge in [0, 0.05) is 30.3 Å². The molecule has 0 heterocycles. The minimum Gasteiger partial charge on any atom is -0.444 e. The SMILES string of the molecule is CC(C)(C)OC(=O)NC1CC1NCc1cc(F)c(F)cc1F. The molecule has 0 saturated heterocycles. The third-order valence-electron chi connectivity index (χ3n) is 3.14. The second-order valence-corrected chi connectivity index (χ2v) is 6.33. The third kappa shape index (κ3) is 4.62. The molecule has 7 heteroatoms. The molecule has 1 saturated carbocycles. The van der Waals surface area contributed by atoms with Gasteiger partial charge in [0.05, 0.1) is 0 Å². The fraction of sp³-hybridized carbons (Fsp3) is 0.533. The summed E-state index contributed by atoms with van der Waals surface area (Å²) in [6.07, 6.45) is 0.158. The first-order valence-electron chi connectivity index (χ1n) is 7.02. The van der Waals surface area contributed by atoms with E-state index >= 15 is 0 Å². The summed E-state index contributed by atoms with van der Waals surface area (Å²) in [4.78, 5) is 11.6. The summed E-state index contributed by atoms with van der Waals surface area (Å²) >= 11 is 0. The minimum atomic E-state index is -1.21. The monoisotopic (exact) mass is 316 g/mol. The van der Waals surface area contributed by atoms with Crippen LogP contribution < -0.4 is 10.6 Å². The van der Waals surface area contributed by atoms with E-state index in [-0.39, 0.29) is 24.2 Å². The molecule has 1 amide bonds. The van der Waals surface area contributed by atoms with Crippen LogP contribution in [0.2, 0.25) is 0 Å². The van der Waals surface area contributed by atoms with E-state index in [2.05, 4.69) is 10.6 Å². The number of benzene rings is 1. The summed E-state index contributed by atoms with van der Waals surface area (Å²) in [5.74, 6) is -3.10. The maximum absolute atomic E-state index is 13.5. The quantitative estimate of drug-likeness (QED) is 0.840. The molecule has 1 fully saturated rings. The summed E-state index contributed by atoms with van der Waals surface area (Å²) in [5.41, 5.74) is -0.529. The number of halogens is 3. The zero-order valence-electron chi connectivity index (χ0n) is 12.7. The van der Waals surface area contributed by atoms with Crippen molar-refractivity contribution in [2.75, 3.05) is 0 Å². The second-order valence-electron chi connectivity index (χ2n) is 6.33. The lowest BCUT2D eigenvalue weighted by molar-refractivity contribution is 0.0522. The highest BCUT2D eigenvalue weighted by molar-refractivity contribution is 5.68. The lowest BCUT2D eigenvalue weighted by Crippen LogP contribution is -2.36. The van der Waals surface area contributed by atoms with Gasteiger partial charge in [-0.05, 0) is 33.3 Å². The Morgan fingerprint density at radius 1 is 1.18 bits per heavy atom. The Balaban J connectivity index is 1.78. The second kappa shape index (κ2) is 6.16. The van der Waals surface area contributed by atoms with Crippen molar-refractivity contribution >= 4 is 6.09 Å². The van der Waals surface area contributed by atoms with Crippen LogP contribution >= 0.6 is 0 Å². The molecule has 2 atom stereocenters. The van der Waals surface area contributed by atoms with Crippen LogP contribution in [0.15, 0.2) is 12.1 Å². The van der Waals surface area contributed by atoms with Gasteiger partial charge in [0.25, 0.3) is 0 Å². The van der Waals surface area contributed by atoms with Crippen molar-refractivity contribution in [3.63, 3.8) is 0 Å². The van der Waals surface area contributed by atoms with Crippen LogP contribution in [0, 0.1) is 17.5 Å². The molecule has 1 aliphatic rings. The van der Waals surface area contributed by atoms with Crippen LogP contribution in [0.3, 0.4) is 0 Å². The Morgan fingerprint density at radius 2 is 1.82 bits per heavy atom. The summed E-state index contributed by atoms with van der Waals surface area (Å²) in [6.45, 7) is 5.35. The Morgan fingerprint density at radius 3 is 2.45 bits per heavy atom. The predicted molar refractivity (Wildman–Crippen MR) is 74.7 cm³/mol. The Labute approximate surface area is 127 Å². The number of ether oxygens (including phenoxy) is 1. The third-order valence-corrected chi connectivity index (χ3v) is 3.14. The van der Waals surface area contributed by atoms with E-state index in [4.69, 9.17) is 4.74 Å². The summed E-state index contributed by atoms with van der Waals surface area (Å²) in [5, 5.41) is 5.66. The number of rotatable bonds is 4. The Hall–Kier alpha value is -1.76. The van der Waals surface area contributed by atoms with E-state index in [0.717, 1.165) is 6.07 Å². The molecule has 2 unspecified atom stereocenters. The van der Waals surface area contributed by atoms with E-state index < -0.39 is 29.1 Å². The molecular weight excluding hydrogens is 297 g/mol. The summed E-state index contributed by atoms with van der Waals surface area (Å²) in [7, 11) is 0. The van der Waals surface area contributed by atoms with Gasteiger partial charge >= 0.3 is 6.09 Å². The Bertz CT molecular complexity index is 573. The van der Waals surface area contributed by atoms with Gasteiger partial charge < -0.3 is 15.4 Å². The minimum absolute atomic E-state index is 0.0416. The fourth-order valence-electron chi connectivity index (χ4n) is 1.98. The van der Waals surface area contributed by atoms with E-state index in [1.807, 2.05) is 0 Å². The first kappa shape index (κ1) is 16.6. The molecular formula is C15H19F3N2O2. The van der Waals surface area contributed by atoms with Crippen LogP contribution in [0.25, 0.3) is 0 Å². The zero-order chi connectivity index (χ0) is 16.5. The van der Waals surface area contributed by atoms with Crippen LogP contribution in [0.5, 0.6) is 0 Å². The maximum atomic E-state index is 13.5. The molecule has 1 aromatic rings. The standard InChI is InChI=1S/C15H19F3N2O2/c1-15(2,3)22-14(21)20-13-6-12(13)19-7-8-4-10(17)11(18)5-9(8)16/h4-5,12-13,19H,6-7H2,1-3H3,(H,20,21). The lowest BCUT2D eigenvalue weighted by atomic mass is 10.2. The molecule has 0 aromatic heterocycles. The van der Waals surface area contributed by atoms with Crippen LogP contribution in [-0.2, 0) is 11.3 Å². The molecule has 0 radical (unpaired) electrons. The van der Waals surface area contributed by atoms with Gasteiger partial charge in [-0.25, -0.2) is 18.0 Å². The zero-order valence-corrected chi connectivity index (χ0v) is 12.7. The average Bonchev–Trinajstić information content (AvgIpc) is 3.08. The topological polar surface area (TPSA) is 50.4 Å². The first-order chi connectivity index (χ1) is 10.2. The van der Waals surface area contributed by atoms with Crippen LogP contribution in [0.4, 0.5) is 18.0 Å². The molecule has 2 N–H and O–H groups in total. The molecule has 0 aliphatic heterocycles. The van der Waals surface area contributed by atoms with Crippen LogP contribution in [-0.4, -0.2) is 23.8 Å². The molecule has 4 nitrogen and oxygen atoms in total. The normalized spacial score (nSPS) is 20.6. The van der Waals surface area contributed by atoms with Crippen LogP contribution in [0.1, 0.15) is 32.8 Å². The van der Waals surface area contributed by atoms with Gasteiger partial charge in [-0.2, -0.15) is 0 Å². The van der Waals surface area contributed by atoms with Crippen molar-refractivity contribution in [2.45, 2.75) is 51.4 Å². The molecule has 0 spiro atoms. The summed E-state index contributed by atoms with van der Waals surface area (Å²) in [6, 6.07) is 1.20. The van der Waals surface area contributed by atoms with Crippen molar-refractivity contribution in [3.05, 3.63) is 35.1 Å². The van der Waals surface area contributed by atoms with E-state index in [1.54, 1.807) is 20.8 Å². The van der Waals surface area contributed by atoms with Gasteiger partial charge in [-0.1, -0.05) is 0 Å². The number of carbonyl (C=O) groups excluding carboxylic acids is 1. The number of nitrogens with one attached hydrogen (secondary N) is 2. The number of amides is 1. The molecule has 0 bridgehead atoms. The first-order valence-corrected chi connectivity index (χ1v) is 7.02. The number of alkyl carbamates (subject to hydrolysis) is 1.